The molecule has 1 amide bonds. The zero-order valence-corrected chi connectivity index (χ0v) is 23.3. The van der Waals surface area contributed by atoms with Crippen LogP contribution in [0.4, 0.5) is 5.69 Å². The standard InChI is InChI=1S/C30H28ClN3O5S/c1-2-38-29-19-24(13-18-28(29)39-22-23-9-5-3-6-10-23)20-32-33-30(35)21-34(26-16-14-25(31)15-17-26)40(36,37)27-11-7-4-8-12-27/h3-20H,2,21-22H2,1H3,(H,33,35)/b32-20+. The normalized spacial score (nSPS) is 11.2. The minimum absolute atomic E-state index is 0.0549. The molecule has 0 aliphatic rings. The molecule has 0 spiro atoms. The Bertz CT molecular complexity index is 1550. The van der Waals surface area contributed by atoms with Gasteiger partial charge in [-0.05, 0) is 72.6 Å². The van der Waals surface area contributed by atoms with E-state index in [9.17, 15) is 13.2 Å². The molecular formula is C30H28ClN3O5S. The zero-order chi connectivity index (χ0) is 28.4. The van der Waals surface area contributed by atoms with Crippen LogP contribution < -0.4 is 19.2 Å². The summed E-state index contributed by atoms with van der Waals surface area (Å²) >= 11 is 5.98. The molecule has 0 saturated carbocycles. The maximum absolute atomic E-state index is 13.4. The highest BCUT2D eigenvalue weighted by Crippen LogP contribution is 2.29. The molecule has 0 radical (unpaired) electrons. The summed E-state index contributed by atoms with van der Waals surface area (Å²) in [6.07, 6.45) is 1.44. The fourth-order valence-corrected chi connectivity index (χ4v) is 5.28. The molecule has 8 nitrogen and oxygen atoms in total. The van der Waals surface area contributed by atoms with Gasteiger partial charge in [0.25, 0.3) is 15.9 Å². The van der Waals surface area contributed by atoms with Crippen LogP contribution in [0.2, 0.25) is 5.02 Å². The second-order valence-corrected chi connectivity index (χ2v) is 10.8. The van der Waals surface area contributed by atoms with E-state index in [1.807, 2.05) is 37.3 Å². The van der Waals surface area contributed by atoms with E-state index in [0.29, 0.717) is 41.0 Å². The van der Waals surface area contributed by atoms with Gasteiger partial charge >= 0.3 is 0 Å². The maximum Gasteiger partial charge on any atom is 0.264 e. The summed E-state index contributed by atoms with van der Waals surface area (Å²) in [4.78, 5) is 12.9. The smallest absolute Gasteiger partial charge is 0.264 e. The number of amides is 1. The largest absolute Gasteiger partial charge is 0.490 e. The first-order chi connectivity index (χ1) is 19.4. The minimum Gasteiger partial charge on any atom is -0.490 e. The molecular weight excluding hydrogens is 550 g/mol. The summed E-state index contributed by atoms with van der Waals surface area (Å²) in [6, 6.07) is 29.2. The lowest BCUT2D eigenvalue weighted by Crippen LogP contribution is -2.39. The predicted molar refractivity (Wildman–Crippen MR) is 157 cm³/mol. The lowest BCUT2D eigenvalue weighted by molar-refractivity contribution is -0.119. The molecule has 4 aromatic rings. The van der Waals surface area contributed by atoms with Crippen molar-refractivity contribution in [3.63, 3.8) is 0 Å². The Morgan fingerprint density at radius 1 is 0.900 bits per heavy atom. The summed E-state index contributed by atoms with van der Waals surface area (Å²) in [5.74, 6) is 0.492. The molecule has 206 valence electrons. The van der Waals surface area contributed by atoms with Gasteiger partial charge in [-0.25, -0.2) is 13.8 Å². The third kappa shape index (κ3) is 7.62. The number of rotatable bonds is 12. The molecule has 0 aromatic heterocycles. The molecule has 0 fully saturated rings. The Morgan fingerprint density at radius 3 is 2.25 bits per heavy atom. The van der Waals surface area contributed by atoms with E-state index in [1.54, 1.807) is 48.5 Å². The summed E-state index contributed by atoms with van der Waals surface area (Å²) in [5, 5.41) is 4.46. The van der Waals surface area contributed by atoms with E-state index in [0.717, 1.165) is 9.87 Å². The van der Waals surface area contributed by atoms with E-state index in [1.165, 1.54) is 30.5 Å². The molecule has 40 heavy (non-hydrogen) atoms. The number of ether oxygens (including phenoxy) is 2. The summed E-state index contributed by atoms with van der Waals surface area (Å²) in [5.41, 5.74) is 4.38. The van der Waals surface area contributed by atoms with Crippen LogP contribution >= 0.6 is 11.6 Å². The highest BCUT2D eigenvalue weighted by atomic mass is 35.5. The lowest BCUT2D eigenvalue weighted by atomic mass is 10.2. The molecule has 4 rings (SSSR count). The predicted octanol–water partition coefficient (Wildman–Crippen LogP) is 5.66. The molecule has 0 saturated heterocycles. The van der Waals surface area contributed by atoms with Crippen LogP contribution in [0.5, 0.6) is 11.5 Å². The molecule has 0 bridgehead atoms. The quantitative estimate of drug-likeness (QED) is 0.173. The number of halogens is 1. The first-order valence-corrected chi connectivity index (χ1v) is 14.3. The van der Waals surface area contributed by atoms with E-state index < -0.39 is 22.5 Å². The highest BCUT2D eigenvalue weighted by Gasteiger charge is 2.27. The first-order valence-electron chi connectivity index (χ1n) is 12.5. The highest BCUT2D eigenvalue weighted by molar-refractivity contribution is 7.92. The summed E-state index contributed by atoms with van der Waals surface area (Å²) in [7, 11) is -4.03. The molecule has 4 aromatic carbocycles. The van der Waals surface area contributed by atoms with Crippen molar-refractivity contribution in [3.8, 4) is 11.5 Å². The van der Waals surface area contributed by atoms with Crippen molar-refractivity contribution in [2.45, 2.75) is 18.4 Å². The van der Waals surface area contributed by atoms with E-state index in [2.05, 4.69) is 10.5 Å². The van der Waals surface area contributed by atoms with Crippen molar-refractivity contribution in [1.29, 1.82) is 0 Å². The van der Waals surface area contributed by atoms with Crippen LogP contribution in [0, 0.1) is 0 Å². The third-order valence-electron chi connectivity index (χ3n) is 5.64. The average molecular weight is 578 g/mol. The Balaban J connectivity index is 1.46. The van der Waals surface area contributed by atoms with Gasteiger partial charge in [0.1, 0.15) is 13.2 Å². The van der Waals surface area contributed by atoms with Crippen LogP contribution in [-0.2, 0) is 21.4 Å². The second-order valence-electron chi connectivity index (χ2n) is 8.51. The number of benzene rings is 4. The van der Waals surface area contributed by atoms with Crippen molar-refractivity contribution < 1.29 is 22.7 Å². The topological polar surface area (TPSA) is 97.3 Å². The number of nitrogens with one attached hydrogen (secondary N) is 1. The molecule has 0 atom stereocenters. The second kappa shape index (κ2) is 13.6. The average Bonchev–Trinajstić information content (AvgIpc) is 2.97. The van der Waals surface area contributed by atoms with Crippen molar-refractivity contribution >= 4 is 39.4 Å². The van der Waals surface area contributed by atoms with Gasteiger partial charge in [-0.3, -0.25) is 9.10 Å². The molecule has 0 aliphatic carbocycles. The number of hydrogen-bond donors (Lipinski definition) is 1. The van der Waals surface area contributed by atoms with Crippen LogP contribution in [0.1, 0.15) is 18.1 Å². The van der Waals surface area contributed by atoms with Crippen molar-refractivity contribution in [2.75, 3.05) is 17.5 Å². The number of carbonyl (C=O) groups excluding carboxylic acids is 1. The number of carbonyl (C=O) groups is 1. The van der Waals surface area contributed by atoms with Crippen LogP contribution in [0.25, 0.3) is 0 Å². The number of nitrogens with zero attached hydrogens (tertiary/aromatic N) is 2. The molecule has 0 heterocycles. The molecule has 1 N–H and O–H groups in total. The Labute approximate surface area is 238 Å². The molecule has 10 heteroatoms. The Kier molecular flexibility index (Phi) is 9.77. The Morgan fingerprint density at radius 2 is 1.57 bits per heavy atom. The molecule has 0 aliphatic heterocycles. The van der Waals surface area contributed by atoms with Gasteiger partial charge in [-0.1, -0.05) is 60.1 Å². The SMILES string of the molecule is CCOc1cc(/C=N/NC(=O)CN(c2ccc(Cl)cc2)S(=O)(=O)c2ccccc2)ccc1OCc1ccccc1. The van der Waals surface area contributed by atoms with Crippen molar-refractivity contribution in [1.82, 2.24) is 5.43 Å². The van der Waals surface area contributed by atoms with Gasteiger partial charge in [0.2, 0.25) is 0 Å². The first kappa shape index (κ1) is 28.7. The van der Waals surface area contributed by atoms with E-state index in [-0.39, 0.29) is 4.90 Å². The maximum atomic E-state index is 13.4. The fourth-order valence-electron chi connectivity index (χ4n) is 3.71. The van der Waals surface area contributed by atoms with Crippen LogP contribution in [0.3, 0.4) is 0 Å². The Hall–Kier alpha value is -4.34. The minimum atomic E-state index is -4.03. The lowest BCUT2D eigenvalue weighted by Gasteiger charge is -2.23. The van der Waals surface area contributed by atoms with Gasteiger partial charge in [0, 0.05) is 5.02 Å². The number of sulfonamides is 1. The van der Waals surface area contributed by atoms with Gasteiger partial charge in [-0.2, -0.15) is 5.10 Å². The van der Waals surface area contributed by atoms with Crippen LogP contribution in [0.15, 0.2) is 113 Å². The van der Waals surface area contributed by atoms with Crippen LogP contribution in [-0.4, -0.2) is 33.7 Å². The number of anilines is 1. The summed E-state index contributed by atoms with van der Waals surface area (Å²) < 4.78 is 39.4. The number of hydrogen-bond acceptors (Lipinski definition) is 6. The van der Waals surface area contributed by atoms with Crippen molar-refractivity contribution in [2.24, 2.45) is 5.10 Å². The van der Waals surface area contributed by atoms with Crippen molar-refractivity contribution in [3.05, 3.63) is 119 Å². The van der Waals surface area contributed by atoms with E-state index >= 15 is 0 Å². The summed E-state index contributed by atoms with van der Waals surface area (Å²) in [6.45, 7) is 2.21. The van der Waals surface area contributed by atoms with Gasteiger partial charge in [0.05, 0.1) is 23.4 Å². The van der Waals surface area contributed by atoms with Gasteiger partial charge in [-0.15, -0.1) is 0 Å². The van der Waals surface area contributed by atoms with Gasteiger partial charge < -0.3 is 9.47 Å². The monoisotopic (exact) mass is 577 g/mol. The third-order valence-corrected chi connectivity index (χ3v) is 7.68. The molecule has 0 unspecified atom stereocenters. The van der Waals surface area contributed by atoms with E-state index in [4.69, 9.17) is 21.1 Å². The number of hydrazone groups is 1. The van der Waals surface area contributed by atoms with Gasteiger partial charge in [0.15, 0.2) is 11.5 Å². The fraction of sp³-hybridized carbons (Fsp3) is 0.133. The zero-order valence-electron chi connectivity index (χ0n) is 21.7.